The molecule has 0 saturated heterocycles. The number of carboxylic acids is 2. The molecule has 0 heterocycles. The van der Waals surface area contributed by atoms with Gasteiger partial charge in [-0.25, -0.2) is 0 Å². The van der Waals surface area contributed by atoms with Crippen LogP contribution in [0.15, 0.2) is 18.2 Å². The first-order chi connectivity index (χ1) is 11.5. The van der Waals surface area contributed by atoms with E-state index in [1.165, 1.54) is 13.0 Å². The molecule has 138 valence electrons. The summed E-state index contributed by atoms with van der Waals surface area (Å²) >= 11 is 0. The van der Waals surface area contributed by atoms with Gasteiger partial charge in [0.1, 0.15) is 17.9 Å². The van der Waals surface area contributed by atoms with Gasteiger partial charge >= 0.3 is 17.6 Å². The van der Waals surface area contributed by atoms with Crippen molar-refractivity contribution in [1.82, 2.24) is 0 Å². The summed E-state index contributed by atoms with van der Waals surface area (Å²) in [5.74, 6) is -2.98. The molecule has 11 nitrogen and oxygen atoms in total. The number of benzene rings is 1. The average Bonchev–Trinajstić information content (AvgIpc) is 2.48. The molecule has 0 radical (unpaired) electrons. The largest absolute Gasteiger partial charge is 0.502 e. The van der Waals surface area contributed by atoms with Gasteiger partial charge in [0.2, 0.25) is 0 Å². The summed E-state index contributed by atoms with van der Waals surface area (Å²) in [6.07, 6.45) is -0.119. The number of carboxylic acid groups (broad SMARTS) is 2. The minimum Gasteiger partial charge on any atom is -0.502 e. The van der Waals surface area contributed by atoms with E-state index in [0.29, 0.717) is 5.56 Å². The molecule has 1 aromatic rings. The quantitative estimate of drug-likeness (QED) is 0.316. The van der Waals surface area contributed by atoms with Crippen LogP contribution < -0.4 is 11.5 Å². The molecule has 0 bridgehead atoms. The summed E-state index contributed by atoms with van der Waals surface area (Å²) in [6.45, 7) is 1.31. The highest BCUT2D eigenvalue weighted by Gasteiger charge is 2.17. The highest BCUT2D eigenvalue weighted by atomic mass is 16.6. The standard InChI is InChI=1S/C9H10N2O5.C5H9NO3/c10-6(9(13)14)3-5-1-2-8(12)7(4-5)11(15)16;1-3(7)2-4(6)5(8)9/h1-2,4,6,12H,3,10H2,(H,13,14);4H,2,6H2,1H3,(H,8,9). The number of phenols is 1. The van der Waals surface area contributed by atoms with Gasteiger partial charge in [-0.05, 0) is 25.0 Å². The molecule has 0 spiro atoms. The maximum atomic E-state index is 10.5. The van der Waals surface area contributed by atoms with Gasteiger partial charge in [0, 0.05) is 12.5 Å². The van der Waals surface area contributed by atoms with E-state index in [2.05, 4.69) is 0 Å². The summed E-state index contributed by atoms with van der Waals surface area (Å²) in [5.41, 5.74) is 10.2. The van der Waals surface area contributed by atoms with Crippen molar-refractivity contribution in [3.8, 4) is 5.75 Å². The summed E-state index contributed by atoms with van der Waals surface area (Å²) in [4.78, 5) is 40.4. The number of aliphatic carboxylic acids is 2. The summed E-state index contributed by atoms with van der Waals surface area (Å²) < 4.78 is 0. The number of hydrogen-bond acceptors (Lipinski definition) is 8. The molecule has 1 rings (SSSR count). The smallest absolute Gasteiger partial charge is 0.320 e. The van der Waals surface area contributed by atoms with E-state index in [0.717, 1.165) is 12.1 Å². The van der Waals surface area contributed by atoms with Crippen LogP contribution in [0.4, 0.5) is 5.69 Å². The average molecular weight is 357 g/mol. The lowest BCUT2D eigenvalue weighted by Gasteiger charge is -2.06. The van der Waals surface area contributed by atoms with Gasteiger partial charge < -0.3 is 26.8 Å². The molecule has 2 atom stereocenters. The van der Waals surface area contributed by atoms with Crippen LogP contribution in [-0.4, -0.2) is 50.0 Å². The van der Waals surface area contributed by atoms with Crippen molar-refractivity contribution < 1.29 is 34.6 Å². The van der Waals surface area contributed by atoms with E-state index < -0.39 is 40.4 Å². The fourth-order valence-electron chi connectivity index (χ4n) is 1.58. The number of nitrogens with zero attached hydrogens (tertiary/aromatic N) is 1. The molecule has 0 saturated carbocycles. The van der Waals surface area contributed by atoms with E-state index in [1.54, 1.807) is 0 Å². The third-order valence-corrected chi connectivity index (χ3v) is 2.83. The van der Waals surface area contributed by atoms with Gasteiger partial charge in [0.05, 0.1) is 4.92 Å². The third-order valence-electron chi connectivity index (χ3n) is 2.83. The first kappa shape index (κ1) is 21.9. The predicted octanol–water partition coefficient (Wildman–Crippen LogP) is -0.368. The number of hydrogen-bond donors (Lipinski definition) is 5. The molecule has 0 aromatic heterocycles. The predicted molar refractivity (Wildman–Crippen MR) is 85.0 cm³/mol. The lowest BCUT2D eigenvalue weighted by atomic mass is 10.1. The first-order valence-electron chi connectivity index (χ1n) is 6.88. The van der Waals surface area contributed by atoms with Gasteiger partial charge in [0.15, 0.2) is 5.75 Å². The highest BCUT2D eigenvalue weighted by Crippen LogP contribution is 2.26. The Morgan fingerprint density at radius 1 is 1.16 bits per heavy atom. The molecule has 2 unspecified atom stereocenters. The first-order valence-corrected chi connectivity index (χ1v) is 6.88. The second kappa shape index (κ2) is 9.95. The second-order valence-electron chi connectivity index (χ2n) is 5.08. The highest BCUT2D eigenvalue weighted by molar-refractivity contribution is 5.83. The fourth-order valence-corrected chi connectivity index (χ4v) is 1.58. The van der Waals surface area contributed by atoms with E-state index in [-0.39, 0.29) is 18.6 Å². The Labute approximate surface area is 142 Å². The number of nitrogens with two attached hydrogens (primary N) is 2. The van der Waals surface area contributed by atoms with Crippen LogP contribution in [0, 0.1) is 10.1 Å². The summed E-state index contributed by atoms with van der Waals surface area (Å²) in [6, 6.07) is 1.48. The van der Waals surface area contributed by atoms with Crippen LogP contribution in [0.25, 0.3) is 0 Å². The maximum absolute atomic E-state index is 10.5. The van der Waals surface area contributed by atoms with Crippen molar-refractivity contribution in [2.75, 3.05) is 0 Å². The Morgan fingerprint density at radius 2 is 1.68 bits per heavy atom. The van der Waals surface area contributed by atoms with E-state index in [1.807, 2.05) is 0 Å². The molecule has 1 aromatic carbocycles. The normalized spacial score (nSPS) is 12.3. The Kier molecular flexibility index (Phi) is 8.74. The molecule has 0 fully saturated rings. The van der Waals surface area contributed by atoms with Crippen LogP contribution in [0.2, 0.25) is 0 Å². The van der Waals surface area contributed by atoms with Crippen LogP contribution in [0.3, 0.4) is 0 Å². The van der Waals surface area contributed by atoms with Gasteiger partial charge in [-0.15, -0.1) is 0 Å². The minimum absolute atomic E-state index is 0.0313. The molecule has 0 aliphatic carbocycles. The van der Waals surface area contributed by atoms with E-state index in [9.17, 15) is 24.5 Å². The maximum Gasteiger partial charge on any atom is 0.320 e. The number of carbonyl (C=O) groups is 3. The Balaban J connectivity index is 0.000000547. The van der Waals surface area contributed by atoms with Gasteiger partial charge in [-0.3, -0.25) is 24.5 Å². The monoisotopic (exact) mass is 357 g/mol. The van der Waals surface area contributed by atoms with Crippen molar-refractivity contribution in [2.45, 2.75) is 31.8 Å². The van der Waals surface area contributed by atoms with Crippen molar-refractivity contribution in [3.05, 3.63) is 33.9 Å². The zero-order valence-electron chi connectivity index (χ0n) is 13.3. The Morgan fingerprint density at radius 3 is 2.04 bits per heavy atom. The molecular weight excluding hydrogens is 338 g/mol. The number of rotatable bonds is 7. The molecule has 7 N–H and O–H groups in total. The van der Waals surface area contributed by atoms with Gasteiger partial charge in [-0.1, -0.05) is 6.07 Å². The SMILES string of the molecule is CC(=O)CC(N)C(=O)O.NC(Cc1ccc(O)c([N+](=O)[O-])c1)C(=O)O. The molecular formula is C14H19N3O8. The number of carbonyl (C=O) groups excluding carboxylic acids is 1. The summed E-state index contributed by atoms with van der Waals surface area (Å²) in [5, 5.41) is 36.4. The molecule has 25 heavy (non-hydrogen) atoms. The number of phenolic OH excluding ortho intramolecular Hbond substituents is 1. The molecule has 0 aliphatic rings. The lowest BCUT2D eigenvalue weighted by Crippen LogP contribution is -2.32. The number of nitro benzene ring substituents is 1. The number of Topliss-reactive ketones (excluding diaryl/α,β-unsaturated/α-hetero) is 1. The van der Waals surface area contributed by atoms with Crippen LogP contribution in [0.5, 0.6) is 5.75 Å². The van der Waals surface area contributed by atoms with Gasteiger partial charge in [0.25, 0.3) is 0 Å². The Bertz CT molecular complexity index is 661. The molecule has 11 heteroatoms. The zero-order valence-corrected chi connectivity index (χ0v) is 13.3. The minimum atomic E-state index is -1.18. The second-order valence-corrected chi connectivity index (χ2v) is 5.08. The lowest BCUT2D eigenvalue weighted by molar-refractivity contribution is -0.385. The van der Waals surface area contributed by atoms with Crippen molar-refractivity contribution in [1.29, 1.82) is 0 Å². The van der Waals surface area contributed by atoms with E-state index in [4.69, 9.17) is 26.8 Å². The molecule has 0 aliphatic heterocycles. The van der Waals surface area contributed by atoms with Crippen LogP contribution in [-0.2, 0) is 20.8 Å². The van der Waals surface area contributed by atoms with Gasteiger partial charge in [-0.2, -0.15) is 0 Å². The van der Waals surface area contributed by atoms with Crippen LogP contribution in [0.1, 0.15) is 18.9 Å². The van der Waals surface area contributed by atoms with Crippen molar-refractivity contribution in [3.63, 3.8) is 0 Å². The summed E-state index contributed by atoms with van der Waals surface area (Å²) in [7, 11) is 0. The van der Waals surface area contributed by atoms with Crippen LogP contribution >= 0.6 is 0 Å². The van der Waals surface area contributed by atoms with Crippen molar-refractivity contribution >= 4 is 23.4 Å². The topological polar surface area (TPSA) is 207 Å². The Hall–Kier alpha value is -3.05. The number of nitro groups is 1. The molecule has 0 amide bonds. The number of aromatic hydroxyl groups is 1. The van der Waals surface area contributed by atoms with Crippen molar-refractivity contribution in [2.24, 2.45) is 11.5 Å². The van der Waals surface area contributed by atoms with E-state index >= 15 is 0 Å². The zero-order chi connectivity index (χ0) is 19.7. The third kappa shape index (κ3) is 8.39. The number of ketones is 1. The fraction of sp³-hybridized carbons (Fsp3) is 0.357.